The molecular weight excluding hydrogens is 254 g/mol. The Bertz CT molecular complexity index is 555. The standard InChI is InChI=1S/C20H23N/c21-20-12-11-17(18(13-20)15-7-3-1-4-8-15)19(14-20)16-9-5-2-6-10-16/h1-10,17-19H,11-14,21H2. The van der Waals surface area contributed by atoms with Gasteiger partial charge in [0.05, 0.1) is 0 Å². The van der Waals surface area contributed by atoms with Gasteiger partial charge in [0, 0.05) is 5.54 Å². The molecule has 0 radical (unpaired) electrons. The number of hydrogen-bond acceptors (Lipinski definition) is 1. The lowest BCUT2D eigenvalue weighted by Crippen LogP contribution is -2.53. The third-order valence-corrected chi connectivity index (χ3v) is 5.72. The van der Waals surface area contributed by atoms with Gasteiger partial charge in [-0.25, -0.2) is 0 Å². The van der Waals surface area contributed by atoms with E-state index in [1.165, 1.54) is 24.0 Å². The van der Waals surface area contributed by atoms with Gasteiger partial charge in [-0.05, 0) is 54.6 Å². The van der Waals surface area contributed by atoms with Crippen molar-refractivity contribution in [1.82, 2.24) is 0 Å². The quantitative estimate of drug-likeness (QED) is 0.862. The van der Waals surface area contributed by atoms with Gasteiger partial charge < -0.3 is 5.73 Å². The average molecular weight is 277 g/mol. The van der Waals surface area contributed by atoms with Crippen molar-refractivity contribution in [2.45, 2.75) is 43.1 Å². The summed E-state index contributed by atoms with van der Waals surface area (Å²) in [5.74, 6) is 2.01. The van der Waals surface area contributed by atoms with E-state index < -0.39 is 0 Å². The van der Waals surface area contributed by atoms with Crippen molar-refractivity contribution in [3.05, 3.63) is 71.8 Å². The fraction of sp³-hybridized carbons (Fsp3) is 0.400. The van der Waals surface area contributed by atoms with Crippen LogP contribution >= 0.6 is 0 Å². The molecule has 2 aromatic rings. The first-order valence-electron chi connectivity index (χ1n) is 8.14. The summed E-state index contributed by atoms with van der Waals surface area (Å²) in [7, 11) is 0. The second-order valence-electron chi connectivity index (χ2n) is 7.01. The lowest BCUT2D eigenvalue weighted by atomic mass is 9.54. The normalized spacial score (nSPS) is 34.8. The Balaban J connectivity index is 1.72. The summed E-state index contributed by atoms with van der Waals surface area (Å²) in [4.78, 5) is 0. The molecule has 3 fully saturated rings. The zero-order valence-corrected chi connectivity index (χ0v) is 12.4. The van der Waals surface area contributed by atoms with E-state index in [0.29, 0.717) is 11.8 Å². The van der Waals surface area contributed by atoms with E-state index >= 15 is 0 Å². The Morgan fingerprint density at radius 2 is 1.24 bits per heavy atom. The van der Waals surface area contributed by atoms with Crippen molar-refractivity contribution < 1.29 is 0 Å². The minimum absolute atomic E-state index is 0.0375. The van der Waals surface area contributed by atoms with E-state index in [9.17, 15) is 0 Å². The fourth-order valence-corrected chi connectivity index (χ4v) is 4.73. The Hall–Kier alpha value is -1.60. The molecule has 2 aromatic carbocycles. The highest BCUT2D eigenvalue weighted by atomic mass is 14.8. The third kappa shape index (κ3) is 2.30. The second kappa shape index (κ2) is 4.99. The van der Waals surface area contributed by atoms with Crippen LogP contribution < -0.4 is 5.73 Å². The molecule has 3 aliphatic rings. The summed E-state index contributed by atoms with van der Waals surface area (Å²) in [5, 5.41) is 0. The molecule has 3 aliphatic carbocycles. The number of benzene rings is 2. The van der Waals surface area contributed by atoms with Crippen molar-refractivity contribution in [2.24, 2.45) is 11.7 Å². The van der Waals surface area contributed by atoms with Crippen molar-refractivity contribution in [3.8, 4) is 0 Å². The first-order chi connectivity index (χ1) is 10.3. The Kier molecular flexibility index (Phi) is 3.11. The molecule has 108 valence electrons. The fourth-order valence-electron chi connectivity index (χ4n) is 4.73. The molecule has 2 bridgehead atoms. The first-order valence-corrected chi connectivity index (χ1v) is 8.14. The predicted molar refractivity (Wildman–Crippen MR) is 87.2 cm³/mol. The van der Waals surface area contributed by atoms with E-state index in [1.54, 1.807) is 0 Å². The van der Waals surface area contributed by atoms with Gasteiger partial charge in [-0.3, -0.25) is 0 Å². The summed E-state index contributed by atoms with van der Waals surface area (Å²) >= 11 is 0. The lowest BCUT2D eigenvalue weighted by molar-refractivity contribution is 0.0884. The molecule has 0 amide bonds. The van der Waals surface area contributed by atoms with Crippen LogP contribution in [0.5, 0.6) is 0 Å². The van der Waals surface area contributed by atoms with Gasteiger partial charge in [-0.2, -0.15) is 0 Å². The molecule has 1 nitrogen and oxygen atoms in total. The number of fused-ring (bicyclic) bond motifs is 3. The minimum Gasteiger partial charge on any atom is -0.325 e. The number of hydrogen-bond donors (Lipinski definition) is 1. The zero-order valence-electron chi connectivity index (χ0n) is 12.4. The van der Waals surface area contributed by atoms with Crippen molar-refractivity contribution in [2.75, 3.05) is 0 Å². The molecule has 0 aromatic heterocycles. The van der Waals surface area contributed by atoms with Crippen LogP contribution in [-0.4, -0.2) is 5.54 Å². The molecule has 5 rings (SSSR count). The predicted octanol–water partition coefficient (Wildman–Crippen LogP) is 4.46. The van der Waals surface area contributed by atoms with Crippen LogP contribution in [0.4, 0.5) is 0 Å². The molecule has 0 heterocycles. The number of nitrogens with two attached hydrogens (primary N) is 1. The van der Waals surface area contributed by atoms with Crippen LogP contribution in [0.1, 0.15) is 48.6 Å². The monoisotopic (exact) mass is 277 g/mol. The first kappa shape index (κ1) is 13.1. The molecule has 0 aliphatic heterocycles. The highest BCUT2D eigenvalue weighted by molar-refractivity contribution is 5.30. The van der Waals surface area contributed by atoms with E-state index in [4.69, 9.17) is 5.73 Å². The van der Waals surface area contributed by atoms with Gasteiger partial charge in [-0.1, -0.05) is 60.7 Å². The molecule has 2 N–H and O–H groups in total. The smallest absolute Gasteiger partial charge is 0.0166 e. The van der Waals surface area contributed by atoms with Crippen molar-refractivity contribution in [1.29, 1.82) is 0 Å². The minimum atomic E-state index is 0.0375. The van der Waals surface area contributed by atoms with Crippen LogP contribution in [0, 0.1) is 5.92 Å². The van der Waals surface area contributed by atoms with Crippen LogP contribution in [0.15, 0.2) is 60.7 Å². The summed E-state index contributed by atoms with van der Waals surface area (Å²) < 4.78 is 0. The van der Waals surface area contributed by atoms with Gasteiger partial charge in [0.15, 0.2) is 0 Å². The highest BCUT2D eigenvalue weighted by Crippen LogP contribution is 2.56. The van der Waals surface area contributed by atoms with Gasteiger partial charge in [-0.15, -0.1) is 0 Å². The Morgan fingerprint density at radius 1 is 0.762 bits per heavy atom. The van der Waals surface area contributed by atoms with Gasteiger partial charge in [0.1, 0.15) is 0 Å². The molecule has 21 heavy (non-hydrogen) atoms. The largest absolute Gasteiger partial charge is 0.325 e. The van der Waals surface area contributed by atoms with E-state index in [-0.39, 0.29) is 5.54 Å². The molecule has 0 saturated heterocycles. The van der Waals surface area contributed by atoms with Gasteiger partial charge >= 0.3 is 0 Å². The SMILES string of the molecule is NC12CCC(C(c3ccccc3)C1)C(c1ccccc1)C2. The topological polar surface area (TPSA) is 26.0 Å². The second-order valence-corrected chi connectivity index (χ2v) is 7.01. The van der Waals surface area contributed by atoms with E-state index in [1.807, 2.05) is 0 Å². The van der Waals surface area contributed by atoms with E-state index in [2.05, 4.69) is 60.7 Å². The van der Waals surface area contributed by atoms with Crippen molar-refractivity contribution >= 4 is 0 Å². The lowest BCUT2D eigenvalue weighted by Gasteiger charge is -2.53. The van der Waals surface area contributed by atoms with E-state index in [0.717, 1.165) is 18.8 Å². The highest BCUT2D eigenvalue weighted by Gasteiger charge is 2.49. The van der Waals surface area contributed by atoms with Crippen LogP contribution in [0.2, 0.25) is 0 Å². The van der Waals surface area contributed by atoms with Gasteiger partial charge in [0.25, 0.3) is 0 Å². The summed E-state index contributed by atoms with van der Waals surface area (Å²) in [6, 6.07) is 22.0. The Labute approximate surface area is 127 Å². The third-order valence-electron chi connectivity index (χ3n) is 5.72. The average Bonchev–Trinajstić information content (AvgIpc) is 2.56. The maximum absolute atomic E-state index is 6.75. The molecule has 3 saturated carbocycles. The molecule has 0 spiro atoms. The summed E-state index contributed by atoms with van der Waals surface area (Å²) in [6.07, 6.45) is 4.79. The molecule has 2 unspecified atom stereocenters. The molecular formula is C20H23N. The molecule has 1 heteroatoms. The van der Waals surface area contributed by atoms with Gasteiger partial charge in [0.2, 0.25) is 0 Å². The number of rotatable bonds is 2. The van der Waals surface area contributed by atoms with Crippen LogP contribution in [0.25, 0.3) is 0 Å². The summed E-state index contributed by atoms with van der Waals surface area (Å²) in [6.45, 7) is 0. The Morgan fingerprint density at radius 3 is 1.67 bits per heavy atom. The summed E-state index contributed by atoms with van der Waals surface area (Å²) in [5.41, 5.74) is 9.76. The van der Waals surface area contributed by atoms with Crippen LogP contribution in [-0.2, 0) is 0 Å². The maximum atomic E-state index is 6.75. The maximum Gasteiger partial charge on any atom is 0.0166 e. The van der Waals surface area contributed by atoms with Crippen LogP contribution in [0.3, 0.4) is 0 Å². The zero-order chi connectivity index (χ0) is 14.3. The molecule has 2 atom stereocenters. The van der Waals surface area contributed by atoms with Crippen molar-refractivity contribution in [3.63, 3.8) is 0 Å².